The number of aliphatic hydroxyl groups excluding tert-OH is 1. The van der Waals surface area contributed by atoms with Gasteiger partial charge in [-0.25, -0.2) is 4.79 Å². The molecule has 0 bridgehead atoms. The van der Waals surface area contributed by atoms with Gasteiger partial charge in [-0.05, 0) is 95.0 Å². The first kappa shape index (κ1) is 48.5. The standard InChI is InChI=1S/C22H19NO5.C21H19NO4.C4H8O.2CH4/c1-27-21-11-10-15(12-16-6-3-4-9-19(16)22(24)28-2)13-20(21)17-7-5-8-18(14-17)23(25)26;1-26-21-10-9-15(11-16-5-2-3-6-18(16)14-23)12-20(21)17-7-4-8-19(13-17)22(24)25;1-2-4-5-3-1;;/h3-11,13-14H,12H2,1-2H3;2-10,12-13,23H,11,14H2,1H3;1-4H2;2*1H4. The monoisotopic (exact) mass is 830 g/mol. The van der Waals surface area contributed by atoms with Crippen LogP contribution in [0.15, 0.2) is 133 Å². The number of hydrogen-bond acceptors (Lipinski definition) is 10. The number of aliphatic hydroxyl groups is 1. The van der Waals surface area contributed by atoms with E-state index in [1.165, 1.54) is 38.2 Å². The van der Waals surface area contributed by atoms with E-state index in [4.69, 9.17) is 18.9 Å². The second kappa shape index (κ2) is 24.3. The van der Waals surface area contributed by atoms with Crippen LogP contribution in [0.25, 0.3) is 22.3 Å². The lowest BCUT2D eigenvalue weighted by Crippen LogP contribution is -2.06. The number of rotatable bonds is 12. The highest BCUT2D eigenvalue weighted by molar-refractivity contribution is 5.91. The molecule has 61 heavy (non-hydrogen) atoms. The Labute approximate surface area is 357 Å². The minimum atomic E-state index is -0.424. The van der Waals surface area contributed by atoms with Gasteiger partial charge in [-0.2, -0.15) is 0 Å². The number of methoxy groups -OCH3 is 3. The number of ether oxygens (including phenoxy) is 4. The van der Waals surface area contributed by atoms with Crippen LogP contribution < -0.4 is 9.47 Å². The van der Waals surface area contributed by atoms with Crippen molar-refractivity contribution in [2.24, 2.45) is 0 Å². The summed E-state index contributed by atoms with van der Waals surface area (Å²) in [5.74, 6) is 0.887. The van der Waals surface area contributed by atoms with Crippen LogP contribution in [0.4, 0.5) is 11.4 Å². The van der Waals surface area contributed by atoms with E-state index < -0.39 is 9.85 Å². The minimum Gasteiger partial charge on any atom is -0.496 e. The van der Waals surface area contributed by atoms with Crippen LogP contribution in [0.1, 0.15) is 65.9 Å². The molecule has 6 aromatic rings. The summed E-state index contributed by atoms with van der Waals surface area (Å²) in [4.78, 5) is 33.4. The first-order chi connectivity index (χ1) is 28.6. The van der Waals surface area contributed by atoms with Crippen molar-refractivity contribution in [3.05, 3.63) is 187 Å². The second-order valence-electron chi connectivity index (χ2n) is 13.4. The molecule has 0 amide bonds. The lowest BCUT2D eigenvalue weighted by atomic mass is 9.96. The summed E-state index contributed by atoms with van der Waals surface area (Å²) in [5.41, 5.74) is 8.29. The van der Waals surface area contributed by atoms with Crippen LogP contribution in [-0.4, -0.2) is 55.5 Å². The molecule has 1 aliphatic heterocycles. The van der Waals surface area contributed by atoms with Crippen molar-refractivity contribution in [1.82, 2.24) is 0 Å². The summed E-state index contributed by atoms with van der Waals surface area (Å²) in [6.07, 6.45) is 3.72. The third-order valence-electron chi connectivity index (χ3n) is 9.59. The zero-order valence-corrected chi connectivity index (χ0v) is 33.2. The number of nitro groups is 2. The minimum absolute atomic E-state index is 0. The quantitative estimate of drug-likeness (QED) is 0.0714. The van der Waals surface area contributed by atoms with Crippen molar-refractivity contribution in [2.45, 2.75) is 47.1 Å². The van der Waals surface area contributed by atoms with Crippen LogP contribution in [-0.2, 0) is 28.9 Å². The molecule has 12 nitrogen and oxygen atoms in total. The Balaban J connectivity index is 0.000000283. The van der Waals surface area contributed by atoms with Crippen LogP contribution in [0.5, 0.6) is 11.5 Å². The van der Waals surface area contributed by atoms with Crippen LogP contribution in [0, 0.1) is 20.2 Å². The highest BCUT2D eigenvalue weighted by Gasteiger charge is 2.16. The van der Waals surface area contributed by atoms with Crippen LogP contribution in [0.3, 0.4) is 0 Å². The van der Waals surface area contributed by atoms with Gasteiger partial charge in [0.2, 0.25) is 0 Å². The van der Waals surface area contributed by atoms with Gasteiger partial charge in [-0.15, -0.1) is 0 Å². The molecule has 0 atom stereocenters. The van der Waals surface area contributed by atoms with E-state index in [-0.39, 0.29) is 38.8 Å². The van der Waals surface area contributed by atoms with E-state index in [9.17, 15) is 30.1 Å². The average Bonchev–Trinajstić information content (AvgIpc) is 3.88. The first-order valence-electron chi connectivity index (χ1n) is 18.9. The van der Waals surface area contributed by atoms with Gasteiger partial charge < -0.3 is 24.1 Å². The average molecular weight is 831 g/mol. The highest BCUT2D eigenvalue weighted by Crippen LogP contribution is 2.35. The summed E-state index contributed by atoms with van der Waals surface area (Å²) in [6.45, 7) is 1.99. The molecule has 1 aliphatic rings. The van der Waals surface area contributed by atoms with Gasteiger partial charge in [0.1, 0.15) is 11.5 Å². The van der Waals surface area contributed by atoms with Crippen molar-refractivity contribution in [1.29, 1.82) is 0 Å². The molecule has 1 heterocycles. The molecule has 1 N–H and O–H groups in total. The molecule has 6 aromatic carbocycles. The lowest BCUT2D eigenvalue weighted by molar-refractivity contribution is -0.385. The van der Waals surface area contributed by atoms with E-state index in [2.05, 4.69) is 0 Å². The third kappa shape index (κ3) is 13.3. The molecular formula is C49H54N2O10. The first-order valence-corrected chi connectivity index (χ1v) is 18.9. The zero-order chi connectivity index (χ0) is 42.1. The summed E-state index contributed by atoms with van der Waals surface area (Å²) in [6, 6.07) is 39.4. The Morgan fingerprint density at radius 3 is 1.49 bits per heavy atom. The van der Waals surface area contributed by atoms with Gasteiger partial charge in [0.05, 0.1) is 43.3 Å². The zero-order valence-electron chi connectivity index (χ0n) is 33.2. The number of nitrogens with zero attached hydrogens (tertiary/aromatic N) is 2. The molecule has 1 saturated heterocycles. The molecule has 0 radical (unpaired) electrons. The number of carbonyl (C=O) groups excluding carboxylic acids is 1. The topological polar surface area (TPSA) is 161 Å². The normalized spacial score (nSPS) is 11.2. The Morgan fingerprint density at radius 2 is 1.07 bits per heavy atom. The van der Waals surface area contributed by atoms with Crippen molar-refractivity contribution in [3.8, 4) is 33.8 Å². The Morgan fingerprint density at radius 1 is 0.607 bits per heavy atom. The van der Waals surface area contributed by atoms with E-state index in [0.717, 1.165) is 57.7 Å². The summed E-state index contributed by atoms with van der Waals surface area (Å²) >= 11 is 0. The molecule has 320 valence electrons. The Kier molecular flexibility index (Phi) is 19.3. The molecule has 0 spiro atoms. The number of hydrogen-bond donors (Lipinski definition) is 1. The van der Waals surface area contributed by atoms with E-state index >= 15 is 0 Å². The van der Waals surface area contributed by atoms with Crippen LogP contribution >= 0.6 is 0 Å². The van der Waals surface area contributed by atoms with Crippen molar-refractivity contribution in [2.75, 3.05) is 34.5 Å². The SMILES string of the molecule is C.C.C1CCOC1.COC(=O)c1ccccc1Cc1ccc(OC)c(-c2cccc([N+](=O)[O-])c2)c1.COc1ccc(Cc2ccccc2CO)cc1-c1cccc([N+](=O)[O-])c1. The fourth-order valence-corrected chi connectivity index (χ4v) is 6.57. The molecule has 0 aromatic heterocycles. The van der Waals surface area contributed by atoms with Crippen LogP contribution in [0.2, 0.25) is 0 Å². The third-order valence-corrected chi connectivity index (χ3v) is 9.59. The smallest absolute Gasteiger partial charge is 0.338 e. The van der Waals surface area contributed by atoms with Crippen molar-refractivity contribution in [3.63, 3.8) is 0 Å². The molecule has 12 heteroatoms. The largest absolute Gasteiger partial charge is 0.496 e. The summed E-state index contributed by atoms with van der Waals surface area (Å²) < 4.78 is 20.7. The van der Waals surface area contributed by atoms with Gasteiger partial charge in [0, 0.05) is 48.6 Å². The second-order valence-corrected chi connectivity index (χ2v) is 13.4. The fourth-order valence-electron chi connectivity index (χ4n) is 6.57. The number of nitro benzene ring substituents is 2. The van der Waals surface area contributed by atoms with E-state index in [1.54, 1.807) is 50.6 Å². The molecule has 0 unspecified atom stereocenters. The Bertz CT molecular complexity index is 2370. The lowest BCUT2D eigenvalue weighted by Gasteiger charge is -2.13. The summed E-state index contributed by atoms with van der Waals surface area (Å²) in [5, 5.41) is 31.7. The van der Waals surface area contributed by atoms with E-state index in [1.807, 2.05) is 78.9 Å². The molecule has 0 saturated carbocycles. The maximum absolute atomic E-state index is 12.0. The van der Waals surface area contributed by atoms with Gasteiger partial charge in [-0.1, -0.05) is 93.7 Å². The summed E-state index contributed by atoms with van der Waals surface area (Å²) in [7, 11) is 4.49. The van der Waals surface area contributed by atoms with E-state index in [0.29, 0.717) is 35.5 Å². The molecule has 1 fully saturated rings. The van der Waals surface area contributed by atoms with Gasteiger partial charge in [0.15, 0.2) is 0 Å². The Hall–Kier alpha value is -6.89. The maximum Gasteiger partial charge on any atom is 0.338 e. The molecular weight excluding hydrogens is 777 g/mol. The predicted octanol–water partition coefficient (Wildman–Crippen LogP) is 11.1. The van der Waals surface area contributed by atoms with Crippen molar-refractivity contribution < 1.29 is 38.7 Å². The highest BCUT2D eigenvalue weighted by atomic mass is 16.6. The number of carbonyl (C=O) groups is 1. The molecule has 7 rings (SSSR count). The number of benzene rings is 6. The number of non-ortho nitro benzene ring substituents is 2. The molecule has 0 aliphatic carbocycles. The predicted molar refractivity (Wildman–Crippen MR) is 239 cm³/mol. The van der Waals surface area contributed by atoms with Gasteiger partial charge >= 0.3 is 5.97 Å². The van der Waals surface area contributed by atoms with Crippen molar-refractivity contribution >= 4 is 17.3 Å². The van der Waals surface area contributed by atoms with Gasteiger partial charge in [0.25, 0.3) is 11.4 Å². The number of esters is 1. The van der Waals surface area contributed by atoms with Gasteiger partial charge in [-0.3, -0.25) is 20.2 Å². The fraction of sp³-hybridized carbons (Fsp3) is 0.245. The maximum atomic E-state index is 12.0.